The van der Waals surface area contributed by atoms with Gasteiger partial charge in [-0.2, -0.15) is 0 Å². The van der Waals surface area contributed by atoms with Gasteiger partial charge in [-0.05, 0) is 44.5 Å². The van der Waals surface area contributed by atoms with Crippen LogP contribution in [-0.2, 0) is 0 Å². The van der Waals surface area contributed by atoms with E-state index in [1.54, 1.807) is 18.4 Å². The zero-order valence-electron chi connectivity index (χ0n) is 11.2. The third kappa shape index (κ3) is 2.64. The van der Waals surface area contributed by atoms with Crippen LogP contribution in [0.4, 0.5) is 5.69 Å². The highest BCUT2D eigenvalue weighted by atomic mass is 32.1. The first-order chi connectivity index (χ1) is 8.61. The summed E-state index contributed by atoms with van der Waals surface area (Å²) in [4.78, 5) is 5.57. The van der Waals surface area contributed by atoms with E-state index >= 15 is 0 Å². The van der Waals surface area contributed by atoms with Gasteiger partial charge in [0.15, 0.2) is 0 Å². The molecule has 0 radical (unpaired) electrons. The maximum atomic E-state index is 5.21. The minimum Gasteiger partial charge on any atom is -0.497 e. The Balaban J connectivity index is 2.17. The number of thiazole rings is 1. The van der Waals surface area contributed by atoms with Crippen molar-refractivity contribution in [2.24, 2.45) is 0 Å². The second-order valence-corrected chi connectivity index (χ2v) is 5.24. The predicted molar refractivity (Wildman–Crippen MR) is 76.6 cm³/mol. The molecule has 0 fully saturated rings. The van der Waals surface area contributed by atoms with E-state index in [1.165, 1.54) is 10.4 Å². The van der Waals surface area contributed by atoms with E-state index in [2.05, 4.69) is 30.2 Å². The van der Waals surface area contributed by atoms with Gasteiger partial charge in [-0.25, -0.2) is 4.98 Å². The molecule has 1 aromatic carbocycles. The van der Waals surface area contributed by atoms with Crippen molar-refractivity contribution in [3.63, 3.8) is 0 Å². The van der Waals surface area contributed by atoms with E-state index in [1.807, 2.05) is 24.6 Å². The number of ether oxygens (including phenoxy) is 1. The summed E-state index contributed by atoms with van der Waals surface area (Å²) in [7, 11) is 1.69. The molecule has 3 nitrogen and oxygen atoms in total. The largest absolute Gasteiger partial charge is 0.497 e. The fraction of sp³-hybridized carbons (Fsp3) is 0.357. The molecule has 96 valence electrons. The fourth-order valence-corrected chi connectivity index (χ4v) is 2.76. The number of rotatable bonds is 4. The number of nitrogens with zero attached hydrogens (tertiary/aromatic N) is 1. The Hall–Kier alpha value is -1.55. The number of hydrogen-bond donors (Lipinski definition) is 1. The molecule has 1 heterocycles. The van der Waals surface area contributed by atoms with E-state index in [9.17, 15) is 0 Å². The summed E-state index contributed by atoms with van der Waals surface area (Å²) in [5.74, 6) is 0.889. The smallest absolute Gasteiger partial charge is 0.119 e. The van der Waals surface area contributed by atoms with Crippen LogP contribution < -0.4 is 10.1 Å². The molecule has 0 aliphatic rings. The molecule has 0 saturated heterocycles. The number of hydrogen-bond acceptors (Lipinski definition) is 4. The van der Waals surface area contributed by atoms with Crippen LogP contribution >= 0.6 is 11.3 Å². The third-order valence-electron chi connectivity index (χ3n) is 2.98. The van der Waals surface area contributed by atoms with Gasteiger partial charge >= 0.3 is 0 Å². The molecule has 1 N–H and O–H groups in total. The molecule has 1 atom stereocenters. The van der Waals surface area contributed by atoms with Crippen molar-refractivity contribution in [2.75, 3.05) is 12.4 Å². The normalized spacial score (nSPS) is 12.2. The lowest BCUT2D eigenvalue weighted by molar-refractivity contribution is 0.414. The highest BCUT2D eigenvalue weighted by molar-refractivity contribution is 7.09. The highest BCUT2D eigenvalue weighted by Gasteiger charge is 2.11. The molecule has 2 rings (SSSR count). The van der Waals surface area contributed by atoms with E-state index in [0.717, 1.165) is 17.1 Å². The number of nitrogens with one attached hydrogen (secondary N) is 1. The number of aryl methyl sites for hydroxylation is 2. The van der Waals surface area contributed by atoms with Crippen LogP contribution in [0.15, 0.2) is 23.7 Å². The van der Waals surface area contributed by atoms with Crippen LogP contribution in [0.3, 0.4) is 0 Å². The lowest BCUT2D eigenvalue weighted by Crippen LogP contribution is -2.07. The number of benzene rings is 1. The van der Waals surface area contributed by atoms with Gasteiger partial charge in [-0.3, -0.25) is 0 Å². The summed E-state index contributed by atoms with van der Waals surface area (Å²) < 4.78 is 5.21. The van der Waals surface area contributed by atoms with Crippen molar-refractivity contribution < 1.29 is 4.74 Å². The molecule has 18 heavy (non-hydrogen) atoms. The molecule has 0 saturated carbocycles. The monoisotopic (exact) mass is 262 g/mol. The summed E-state index contributed by atoms with van der Waals surface area (Å²) in [6.07, 6.45) is 0. The van der Waals surface area contributed by atoms with Crippen molar-refractivity contribution in [3.8, 4) is 5.75 Å². The van der Waals surface area contributed by atoms with Crippen molar-refractivity contribution in [1.29, 1.82) is 0 Å². The Morgan fingerprint density at radius 3 is 2.67 bits per heavy atom. The Morgan fingerprint density at radius 2 is 2.11 bits per heavy atom. The van der Waals surface area contributed by atoms with Crippen LogP contribution in [-0.4, -0.2) is 12.1 Å². The van der Waals surface area contributed by atoms with Crippen LogP contribution in [0.1, 0.15) is 29.1 Å². The average molecular weight is 262 g/mol. The summed E-state index contributed by atoms with van der Waals surface area (Å²) in [5.41, 5.74) is 5.31. The Labute approximate surface area is 112 Å². The first-order valence-electron chi connectivity index (χ1n) is 5.93. The van der Waals surface area contributed by atoms with Gasteiger partial charge in [0, 0.05) is 10.6 Å². The molecule has 4 heteroatoms. The van der Waals surface area contributed by atoms with E-state index in [0.29, 0.717) is 0 Å². The van der Waals surface area contributed by atoms with Gasteiger partial charge in [0.2, 0.25) is 0 Å². The third-order valence-corrected chi connectivity index (χ3v) is 4.10. The van der Waals surface area contributed by atoms with E-state index < -0.39 is 0 Å². The molecular weight excluding hydrogens is 244 g/mol. The van der Waals surface area contributed by atoms with E-state index in [4.69, 9.17) is 4.74 Å². The Kier molecular flexibility index (Phi) is 3.87. The molecule has 0 aliphatic carbocycles. The zero-order chi connectivity index (χ0) is 13.1. The molecule has 0 bridgehead atoms. The molecular formula is C14H18N2OS. The maximum Gasteiger partial charge on any atom is 0.119 e. The number of anilines is 1. The van der Waals surface area contributed by atoms with Gasteiger partial charge in [-0.1, -0.05) is 0 Å². The van der Waals surface area contributed by atoms with Crippen LogP contribution in [0.5, 0.6) is 5.75 Å². The van der Waals surface area contributed by atoms with Crippen LogP contribution in [0.2, 0.25) is 0 Å². The Bertz CT molecular complexity index is 536. The summed E-state index contributed by atoms with van der Waals surface area (Å²) in [6, 6.07) is 6.33. The maximum absolute atomic E-state index is 5.21. The van der Waals surface area contributed by atoms with Gasteiger partial charge in [-0.15, -0.1) is 11.3 Å². The second kappa shape index (κ2) is 5.40. The molecule has 0 aliphatic heterocycles. The van der Waals surface area contributed by atoms with Crippen LogP contribution in [0.25, 0.3) is 0 Å². The molecule has 0 spiro atoms. The first-order valence-corrected chi connectivity index (χ1v) is 6.81. The average Bonchev–Trinajstić information content (AvgIpc) is 2.78. The standard InChI is InChI=1S/C14H18N2OS/c1-9-7-12(17-4)5-6-13(9)16-11(3)14-10(2)15-8-18-14/h5-8,11,16H,1-4H3. The predicted octanol–water partition coefficient (Wildman–Crippen LogP) is 3.94. The lowest BCUT2D eigenvalue weighted by Gasteiger charge is -2.17. The summed E-state index contributed by atoms with van der Waals surface area (Å²) in [5, 5.41) is 3.52. The first kappa shape index (κ1) is 12.9. The van der Waals surface area contributed by atoms with Crippen LogP contribution in [0, 0.1) is 13.8 Å². The SMILES string of the molecule is COc1ccc(NC(C)c2scnc2C)c(C)c1. The van der Waals surface area contributed by atoms with Crippen molar-refractivity contribution in [3.05, 3.63) is 39.8 Å². The molecule has 1 aromatic heterocycles. The zero-order valence-corrected chi connectivity index (χ0v) is 12.0. The quantitative estimate of drug-likeness (QED) is 0.906. The summed E-state index contributed by atoms with van der Waals surface area (Å²) >= 11 is 1.69. The van der Waals surface area contributed by atoms with Gasteiger partial charge in [0.25, 0.3) is 0 Å². The van der Waals surface area contributed by atoms with Gasteiger partial charge < -0.3 is 10.1 Å². The highest BCUT2D eigenvalue weighted by Crippen LogP contribution is 2.28. The minimum atomic E-state index is 0.268. The lowest BCUT2D eigenvalue weighted by atomic mass is 10.1. The van der Waals surface area contributed by atoms with Gasteiger partial charge in [0.1, 0.15) is 5.75 Å². The Morgan fingerprint density at radius 1 is 1.33 bits per heavy atom. The molecule has 0 amide bonds. The number of methoxy groups -OCH3 is 1. The topological polar surface area (TPSA) is 34.1 Å². The minimum absolute atomic E-state index is 0.268. The second-order valence-electron chi connectivity index (χ2n) is 4.35. The van der Waals surface area contributed by atoms with Crippen molar-refractivity contribution in [1.82, 2.24) is 4.98 Å². The van der Waals surface area contributed by atoms with Gasteiger partial charge in [0.05, 0.1) is 24.4 Å². The van der Waals surface area contributed by atoms with E-state index in [-0.39, 0.29) is 6.04 Å². The molecule has 1 unspecified atom stereocenters. The number of aromatic nitrogens is 1. The fourth-order valence-electron chi connectivity index (χ4n) is 1.95. The summed E-state index contributed by atoms with van der Waals surface area (Å²) in [6.45, 7) is 6.28. The van der Waals surface area contributed by atoms with Crippen molar-refractivity contribution >= 4 is 17.0 Å². The molecule has 2 aromatic rings. The van der Waals surface area contributed by atoms with Crippen molar-refractivity contribution in [2.45, 2.75) is 26.8 Å².